The first-order valence-corrected chi connectivity index (χ1v) is 9.50. The maximum atomic E-state index is 12.8. The van der Waals surface area contributed by atoms with Gasteiger partial charge in [0.05, 0.1) is 24.7 Å². The maximum absolute atomic E-state index is 12.8. The molecule has 0 aliphatic heterocycles. The van der Waals surface area contributed by atoms with Crippen LogP contribution in [0.3, 0.4) is 0 Å². The van der Waals surface area contributed by atoms with E-state index >= 15 is 0 Å². The Bertz CT molecular complexity index is 882. The molecule has 0 heterocycles. The fourth-order valence-corrected chi connectivity index (χ4v) is 3.88. The summed E-state index contributed by atoms with van der Waals surface area (Å²) >= 11 is 3.37. The molecule has 6 nitrogen and oxygen atoms in total. The molecule has 0 atom stereocenters. The highest BCUT2D eigenvalue weighted by Crippen LogP contribution is 2.26. The molecule has 0 radical (unpaired) electrons. The van der Waals surface area contributed by atoms with Crippen LogP contribution in [0.4, 0.5) is 0 Å². The van der Waals surface area contributed by atoms with Gasteiger partial charge >= 0.3 is 5.97 Å². The van der Waals surface area contributed by atoms with Crippen LogP contribution in [-0.2, 0) is 21.3 Å². The van der Waals surface area contributed by atoms with Crippen LogP contribution in [0.1, 0.15) is 15.9 Å². The number of sulfonamides is 1. The first kappa shape index (κ1) is 19.4. The van der Waals surface area contributed by atoms with Gasteiger partial charge in [0.1, 0.15) is 5.75 Å². The van der Waals surface area contributed by atoms with Gasteiger partial charge in [0.25, 0.3) is 0 Å². The fourth-order valence-electron chi connectivity index (χ4n) is 2.28. The largest absolute Gasteiger partial charge is 0.496 e. The van der Waals surface area contributed by atoms with Crippen LogP contribution in [-0.4, -0.2) is 40.0 Å². The molecule has 0 aromatic heterocycles. The zero-order valence-corrected chi connectivity index (χ0v) is 16.4. The lowest BCUT2D eigenvalue weighted by atomic mass is 10.2. The molecule has 0 spiro atoms. The number of carbonyl (C=O) groups excluding carboxylic acids is 1. The van der Waals surface area contributed by atoms with E-state index in [-0.39, 0.29) is 17.0 Å². The Kier molecular flexibility index (Phi) is 6.21. The SMILES string of the molecule is COC(=O)c1cccc(S(=O)(=O)N(C)Cc2cc(Br)ccc2OC)c1. The minimum atomic E-state index is -3.78. The molecule has 2 aromatic rings. The molecule has 25 heavy (non-hydrogen) atoms. The van der Waals surface area contributed by atoms with Gasteiger partial charge in [-0.3, -0.25) is 0 Å². The molecule has 0 unspecified atom stereocenters. The van der Waals surface area contributed by atoms with Gasteiger partial charge < -0.3 is 9.47 Å². The van der Waals surface area contributed by atoms with Gasteiger partial charge in [-0.1, -0.05) is 22.0 Å². The first-order chi connectivity index (χ1) is 11.8. The summed E-state index contributed by atoms with van der Waals surface area (Å²) in [5.74, 6) is 0.00178. The van der Waals surface area contributed by atoms with Crippen LogP contribution < -0.4 is 4.74 Å². The van der Waals surface area contributed by atoms with Gasteiger partial charge in [0.2, 0.25) is 10.0 Å². The molecule has 0 aliphatic carbocycles. The molecule has 2 rings (SSSR count). The van der Waals surface area contributed by atoms with Crippen LogP contribution in [0.25, 0.3) is 0 Å². The lowest BCUT2D eigenvalue weighted by Crippen LogP contribution is -2.27. The van der Waals surface area contributed by atoms with Gasteiger partial charge in [-0.15, -0.1) is 0 Å². The second-order valence-corrected chi connectivity index (χ2v) is 8.20. The molecule has 134 valence electrons. The number of rotatable bonds is 6. The molecule has 2 aromatic carbocycles. The van der Waals surface area contributed by atoms with E-state index in [4.69, 9.17) is 4.74 Å². The van der Waals surface area contributed by atoms with E-state index in [0.717, 1.165) is 4.47 Å². The molecule has 0 aliphatic rings. The highest BCUT2D eigenvalue weighted by molar-refractivity contribution is 9.10. The average molecular weight is 428 g/mol. The highest BCUT2D eigenvalue weighted by atomic mass is 79.9. The topological polar surface area (TPSA) is 72.9 Å². The van der Waals surface area contributed by atoms with Gasteiger partial charge in [-0.25, -0.2) is 13.2 Å². The monoisotopic (exact) mass is 427 g/mol. The standard InChI is InChI=1S/C17H18BrNO5S/c1-19(11-13-9-14(18)7-8-16(13)23-2)25(21,22)15-6-4-5-12(10-15)17(20)24-3/h4-10H,11H2,1-3H3. The third-order valence-electron chi connectivity index (χ3n) is 3.60. The van der Waals surface area contributed by atoms with Crippen molar-refractivity contribution in [2.75, 3.05) is 21.3 Å². The summed E-state index contributed by atoms with van der Waals surface area (Å²) < 4.78 is 37.5. The second kappa shape index (κ2) is 7.99. The van der Waals surface area contributed by atoms with Gasteiger partial charge in [-0.2, -0.15) is 4.31 Å². The Balaban J connectivity index is 2.34. The first-order valence-electron chi connectivity index (χ1n) is 7.26. The van der Waals surface area contributed by atoms with E-state index < -0.39 is 16.0 Å². The molecular formula is C17H18BrNO5S. The van der Waals surface area contributed by atoms with Crippen LogP contribution in [0.5, 0.6) is 5.75 Å². The Morgan fingerprint density at radius 1 is 1.16 bits per heavy atom. The number of methoxy groups -OCH3 is 2. The molecule has 0 N–H and O–H groups in total. The number of hydrogen-bond donors (Lipinski definition) is 0. The van der Waals surface area contributed by atoms with E-state index in [9.17, 15) is 13.2 Å². The van der Waals surface area contributed by atoms with E-state index in [2.05, 4.69) is 20.7 Å². The molecular weight excluding hydrogens is 410 g/mol. The van der Waals surface area contributed by atoms with E-state index in [1.165, 1.54) is 49.8 Å². The number of esters is 1. The Hall–Kier alpha value is -1.90. The minimum absolute atomic E-state index is 0.0202. The lowest BCUT2D eigenvalue weighted by Gasteiger charge is -2.19. The van der Waals surface area contributed by atoms with Crippen LogP contribution in [0.2, 0.25) is 0 Å². The quantitative estimate of drug-likeness (QED) is 0.662. The smallest absolute Gasteiger partial charge is 0.337 e. The molecule has 8 heteroatoms. The maximum Gasteiger partial charge on any atom is 0.337 e. The van der Waals surface area contributed by atoms with Crippen LogP contribution >= 0.6 is 15.9 Å². The van der Waals surface area contributed by atoms with Crippen molar-refractivity contribution in [3.05, 3.63) is 58.1 Å². The summed E-state index contributed by atoms with van der Waals surface area (Å²) in [5.41, 5.74) is 0.893. The van der Waals surface area contributed by atoms with Crippen LogP contribution in [0.15, 0.2) is 51.8 Å². The zero-order chi connectivity index (χ0) is 18.6. The van der Waals surface area contributed by atoms with Crippen molar-refractivity contribution >= 4 is 31.9 Å². The van der Waals surface area contributed by atoms with Crippen molar-refractivity contribution in [3.63, 3.8) is 0 Å². The zero-order valence-electron chi connectivity index (χ0n) is 14.0. The van der Waals surface area contributed by atoms with Gasteiger partial charge in [0, 0.05) is 23.6 Å². The molecule has 0 amide bonds. The third-order valence-corrected chi connectivity index (χ3v) is 5.89. The van der Waals surface area contributed by atoms with Crippen molar-refractivity contribution < 1.29 is 22.7 Å². The summed E-state index contributed by atoms with van der Waals surface area (Å²) in [7, 11) is 0.462. The number of ether oxygens (including phenoxy) is 2. The summed E-state index contributed by atoms with van der Waals surface area (Å²) in [6, 6.07) is 11.1. The van der Waals surface area contributed by atoms with Crippen molar-refractivity contribution in [2.45, 2.75) is 11.4 Å². The second-order valence-electron chi connectivity index (χ2n) is 5.24. The predicted octanol–water partition coefficient (Wildman–Crippen LogP) is 3.07. The molecule has 0 saturated heterocycles. The molecule has 0 bridgehead atoms. The number of nitrogens with zero attached hydrogens (tertiary/aromatic N) is 1. The summed E-state index contributed by atoms with van der Waals surface area (Å²) in [6.07, 6.45) is 0. The van der Waals surface area contributed by atoms with Crippen molar-refractivity contribution in [1.29, 1.82) is 0 Å². The Labute approximate surface area is 155 Å². The number of hydrogen-bond acceptors (Lipinski definition) is 5. The predicted molar refractivity (Wildman–Crippen MR) is 97.1 cm³/mol. The normalized spacial score (nSPS) is 11.4. The number of carbonyl (C=O) groups is 1. The van der Waals surface area contributed by atoms with Crippen molar-refractivity contribution in [1.82, 2.24) is 4.31 Å². The average Bonchev–Trinajstić information content (AvgIpc) is 2.61. The van der Waals surface area contributed by atoms with E-state index in [1.54, 1.807) is 12.1 Å². The van der Waals surface area contributed by atoms with Crippen LogP contribution in [0, 0.1) is 0 Å². The van der Waals surface area contributed by atoms with E-state index in [0.29, 0.717) is 11.3 Å². The van der Waals surface area contributed by atoms with E-state index in [1.807, 2.05) is 6.07 Å². The summed E-state index contributed by atoms with van der Waals surface area (Å²) in [6.45, 7) is 0.118. The molecule has 0 saturated carbocycles. The summed E-state index contributed by atoms with van der Waals surface area (Å²) in [4.78, 5) is 11.6. The molecule has 0 fully saturated rings. The highest BCUT2D eigenvalue weighted by Gasteiger charge is 2.23. The lowest BCUT2D eigenvalue weighted by molar-refractivity contribution is 0.0600. The Morgan fingerprint density at radius 2 is 1.88 bits per heavy atom. The Morgan fingerprint density at radius 3 is 2.52 bits per heavy atom. The van der Waals surface area contributed by atoms with Gasteiger partial charge in [0.15, 0.2) is 0 Å². The fraction of sp³-hybridized carbons (Fsp3) is 0.235. The third kappa shape index (κ3) is 4.39. The number of benzene rings is 2. The number of halogens is 1. The van der Waals surface area contributed by atoms with Crippen molar-refractivity contribution in [2.24, 2.45) is 0 Å². The van der Waals surface area contributed by atoms with Gasteiger partial charge in [-0.05, 0) is 36.4 Å². The minimum Gasteiger partial charge on any atom is -0.496 e. The van der Waals surface area contributed by atoms with Crippen molar-refractivity contribution in [3.8, 4) is 5.75 Å². The summed E-state index contributed by atoms with van der Waals surface area (Å²) in [5, 5.41) is 0.